The highest BCUT2D eigenvalue weighted by molar-refractivity contribution is 5.94. The van der Waals surface area contributed by atoms with Gasteiger partial charge < -0.3 is 9.47 Å². The maximum atomic E-state index is 12.9. The summed E-state index contributed by atoms with van der Waals surface area (Å²) < 4.78 is 1.43. The second-order valence-corrected chi connectivity index (χ2v) is 5.74. The standard InChI is InChI=1S/C17H19N3O2/c1-12(15-5-3-4-10-18-15)20(14-7-8-14)17(22)13-6-9-16(21)19(2)11-13/h3-6,9-12,14H,7-8H2,1-2H3/t12-/m0/s1. The maximum absolute atomic E-state index is 12.9. The Hall–Kier alpha value is -2.43. The second kappa shape index (κ2) is 5.75. The zero-order valence-electron chi connectivity index (χ0n) is 12.8. The van der Waals surface area contributed by atoms with Crippen LogP contribution < -0.4 is 5.56 Å². The summed E-state index contributed by atoms with van der Waals surface area (Å²) >= 11 is 0. The molecular formula is C17H19N3O2. The summed E-state index contributed by atoms with van der Waals surface area (Å²) in [5.74, 6) is -0.0451. The molecule has 0 unspecified atom stereocenters. The third-order valence-electron chi connectivity index (χ3n) is 4.04. The Kier molecular flexibility index (Phi) is 3.79. The summed E-state index contributed by atoms with van der Waals surface area (Å²) in [6.07, 6.45) is 5.39. The van der Waals surface area contributed by atoms with Crippen molar-refractivity contribution in [3.63, 3.8) is 0 Å². The van der Waals surface area contributed by atoms with Crippen LogP contribution in [0.3, 0.4) is 0 Å². The van der Waals surface area contributed by atoms with E-state index in [0.29, 0.717) is 5.56 Å². The van der Waals surface area contributed by atoms with Crippen LogP contribution in [0.15, 0.2) is 47.5 Å². The molecule has 0 spiro atoms. The summed E-state index contributed by atoms with van der Waals surface area (Å²) in [7, 11) is 1.66. The van der Waals surface area contributed by atoms with E-state index >= 15 is 0 Å². The lowest BCUT2D eigenvalue weighted by atomic mass is 10.1. The van der Waals surface area contributed by atoms with Gasteiger partial charge in [0.05, 0.1) is 17.3 Å². The zero-order valence-corrected chi connectivity index (χ0v) is 12.8. The molecule has 1 aliphatic rings. The number of hydrogen-bond acceptors (Lipinski definition) is 3. The quantitative estimate of drug-likeness (QED) is 0.869. The molecule has 22 heavy (non-hydrogen) atoms. The maximum Gasteiger partial charge on any atom is 0.256 e. The third kappa shape index (κ3) is 2.79. The van der Waals surface area contributed by atoms with E-state index in [1.54, 1.807) is 25.5 Å². The lowest BCUT2D eigenvalue weighted by Gasteiger charge is -2.29. The molecule has 0 aliphatic heterocycles. The predicted molar refractivity (Wildman–Crippen MR) is 83.5 cm³/mol. The van der Waals surface area contributed by atoms with Gasteiger partial charge in [-0.15, -0.1) is 0 Å². The average molecular weight is 297 g/mol. The van der Waals surface area contributed by atoms with Gasteiger partial charge in [0.2, 0.25) is 5.56 Å². The minimum atomic E-state index is -0.118. The van der Waals surface area contributed by atoms with Crippen molar-refractivity contribution in [3.05, 3.63) is 64.3 Å². The van der Waals surface area contributed by atoms with Crippen molar-refractivity contribution in [1.29, 1.82) is 0 Å². The predicted octanol–water partition coefficient (Wildman–Crippen LogP) is 2.15. The fraction of sp³-hybridized carbons (Fsp3) is 0.353. The first-order valence-corrected chi connectivity index (χ1v) is 7.48. The van der Waals surface area contributed by atoms with Crippen molar-refractivity contribution in [2.45, 2.75) is 31.8 Å². The Balaban J connectivity index is 1.92. The molecule has 0 N–H and O–H groups in total. The summed E-state index contributed by atoms with van der Waals surface area (Å²) in [6, 6.07) is 8.95. The van der Waals surface area contributed by atoms with Crippen molar-refractivity contribution < 1.29 is 4.79 Å². The van der Waals surface area contributed by atoms with Crippen LogP contribution in [0.2, 0.25) is 0 Å². The zero-order chi connectivity index (χ0) is 15.7. The summed E-state index contributed by atoms with van der Waals surface area (Å²) in [6.45, 7) is 2.00. The van der Waals surface area contributed by atoms with Gasteiger partial charge in [0, 0.05) is 31.5 Å². The monoisotopic (exact) mass is 297 g/mol. The van der Waals surface area contributed by atoms with Crippen molar-refractivity contribution in [1.82, 2.24) is 14.5 Å². The number of pyridine rings is 2. The van der Waals surface area contributed by atoms with Crippen LogP contribution in [0.1, 0.15) is 41.9 Å². The van der Waals surface area contributed by atoms with E-state index in [-0.39, 0.29) is 23.6 Å². The van der Waals surface area contributed by atoms with Crippen LogP contribution >= 0.6 is 0 Å². The van der Waals surface area contributed by atoms with Crippen molar-refractivity contribution in [3.8, 4) is 0 Å². The molecule has 1 aliphatic carbocycles. The van der Waals surface area contributed by atoms with Crippen LogP contribution in [0, 0.1) is 0 Å². The van der Waals surface area contributed by atoms with Crippen molar-refractivity contribution in [2.24, 2.45) is 7.05 Å². The molecule has 114 valence electrons. The third-order valence-corrected chi connectivity index (χ3v) is 4.04. The number of hydrogen-bond donors (Lipinski definition) is 0. The van der Waals surface area contributed by atoms with Gasteiger partial charge >= 0.3 is 0 Å². The highest BCUT2D eigenvalue weighted by Gasteiger charge is 2.37. The number of aromatic nitrogens is 2. The smallest absolute Gasteiger partial charge is 0.256 e. The van der Waals surface area contributed by atoms with E-state index in [2.05, 4.69) is 4.98 Å². The Morgan fingerprint density at radius 2 is 2.09 bits per heavy atom. The minimum Gasteiger partial charge on any atom is -0.327 e. The molecule has 0 bridgehead atoms. The highest BCUT2D eigenvalue weighted by Crippen LogP contribution is 2.34. The fourth-order valence-corrected chi connectivity index (χ4v) is 2.65. The molecule has 1 atom stereocenters. The second-order valence-electron chi connectivity index (χ2n) is 5.74. The van der Waals surface area contributed by atoms with Crippen molar-refractivity contribution in [2.75, 3.05) is 0 Å². The lowest BCUT2D eigenvalue weighted by molar-refractivity contribution is 0.0669. The number of rotatable bonds is 4. The first kappa shape index (κ1) is 14.5. The van der Waals surface area contributed by atoms with Crippen LogP contribution in [-0.2, 0) is 7.05 Å². The summed E-state index contributed by atoms with van der Waals surface area (Å²) in [5, 5.41) is 0. The summed E-state index contributed by atoms with van der Waals surface area (Å²) in [4.78, 5) is 30.6. The number of aryl methyl sites for hydroxylation is 1. The van der Waals surface area contributed by atoms with Gasteiger partial charge in [0.25, 0.3) is 5.91 Å². The van der Waals surface area contributed by atoms with E-state index in [1.807, 2.05) is 30.0 Å². The molecular weight excluding hydrogens is 278 g/mol. The van der Waals surface area contributed by atoms with Gasteiger partial charge in [-0.2, -0.15) is 0 Å². The first-order chi connectivity index (χ1) is 10.6. The molecule has 2 aromatic heterocycles. The molecule has 2 aromatic rings. The van der Waals surface area contributed by atoms with E-state index in [4.69, 9.17) is 0 Å². The van der Waals surface area contributed by atoms with E-state index in [0.717, 1.165) is 18.5 Å². The molecule has 3 rings (SSSR count). The fourth-order valence-electron chi connectivity index (χ4n) is 2.65. The first-order valence-electron chi connectivity index (χ1n) is 7.48. The molecule has 2 heterocycles. The lowest BCUT2D eigenvalue weighted by Crippen LogP contribution is -2.36. The number of carbonyl (C=O) groups is 1. The molecule has 1 fully saturated rings. The van der Waals surface area contributed by atoms with Gasteiger partial charge in [-0.3, -0.25) is 14.6 Å². The Morgan fingerprint density at radius 3 is 2.68 bits per heavy atom. The Labute approximate surface area is 129 Å². The van der Waals surface area contributed by atoms with Gasteiger partial charge in [0.1, 0.15) is 0 Å². The van der Waals surface area contributed by atoms with E-state index in [9.17, 15) is 9.59 Å². The SMILES string of the molecule is C[C@@H](c1ccccn1)N(C(=O)c1ccc(=O)n(C)c1)C1CC1. The topological polar surface area (TPSA) is 55.2 Å². The number of nitrogens with zero attached hydrogens (tertiary/aromatic N) is 3. The Bertz CT molecular complexity index is 735. The van der Waals surface area contributed by atoms with Crippen LogP contribution in [0.4, 0.5) is 0 Å². The molecule has 5 nitrogen and oxygen atoms in total. The average Bonchev–Trinajstić information content (AvgIpc) is 3.35. The molecule has 1 saturated carbocycles. The van der Waals surface area contributed by atoms with E-state index in [1.165, 1.54) is 10.6 Å². The molecule has 0 saturated heterocycles. The number of amides is 1. The van der Waals surface area contributed by atoms with Gasteiger partial charge in [-0.05, 0) is 38.0 Å². The molecule has 0 aromatic carbocycles. The van der Waals surface area contributed by atoms with Crippen LogP contribution in [0.25, 0.3) is 0 Å². The number of carbonyl (C=O) groups excluding carboxylic acids is 1. The van der Waals surface area contributed by atoms with E-state index < -0.39 is 0 Å². The summed E-state index contributed by atoms with van der Waals surface area (Å²) in [5.41, 5.74) is 1.30. The molecule has 5 heteroatoms. The van der Waals surface area contributed by atoms with Gasteiger partial charge in [0.15, 0.2) is 0 Å². The van der Waals surface area contributed by atoms with Crippen LogP contribution in [-0.4, -0.2) is 26.4 Å². The highest BCUT2D eigenvalue weighted by atomic mass is 16.2. The largest absolute Gasteiger partial charge is 0.327 e. The van der Waals surface area contributed by atoms with Gasteiger partial charge in [-0.25, -0.2) is 0 Å². The molecule has 1 amide bonds. The van der Waals surface area contributed by atoms with Crippen molar-refractivity contribution >= 4 is 5.91 Å². The van der Waals surface area contributed by atoms with Crippen LogP contribution in [0.5, 0.6) is 0 Å². The minimum absolute atomic E-state index is 0.0451. The van der Waals surface area contributed by atoms with Gasteiger partial charge in [-0.1, -0.05) is 6.07 Å². The Morgan fingerprint density at radius 1 is 1.32 bits per heavy atom. The normalized spacial score (nSPS) is 15.4. The molecule has 0 radical (unpaired) electrons.